The molecule has 0 amide bonds. The van der Waals surface area contributed by atoms with E-state index in [2.05, 4.69) is 54.8 Å². The van der Waals surface area contributed by atoms with E-state index in [0.717, 1.165) is 64.2 Å². The monoisotopic (exact) mass is 1060 g/mol. The molecule has 19 heteroatoms. The second-order valence-electron chi connectivity index (χ2n) is 17.7. The number of hydrogen-bond donors (Lipinski definition) is 8. The molecule has 1 saturated carbocycles. The predicted molar refractivity (Wildman–Crippen MR) is 279 cm³/mol. The maximum atomic E-state index is 13.0. The van der Waals surface area contributed by atoms with Crippen molar-refractivity contribution < 1.29 is 82.0 Å². The third kappa shape index (κ3) is 35.9. The molecule has 0 heterocycles. The molecule has 0 spiro atoms. The van der Waals surface area contributed by atoms with Gasteiger partial charge in [0.25, 0.3) is 0 Å². The van der Waals surface area contributed by atoms with Gasteiger partial charge in [0.05, 0.1) is 12.7 Å². The molecule has 0 bridgehead atoms. The van der Waals surface area contributed by atoms with Crippen LogP contribution in [0.15, 0.2) is 97.2 Å². The van der Waals surface area contributed by atoms with Gasteiger partial charge < -0.3 is 49.7 Å². The molecule has 17 nitrogen and oxygen atoms in total. The lowest BCUT2D eigenvalue weighted by atomic mass is 9.85. The van der Waals surface area contributed by atoms with Crippen LogP contribution in [-0.4, -0.2) is 114 Å². The minimum absolute atomic E-state index is 0.00799. The molecular weight excluding hydrogens is 971 g/mol. The summed E-state index contributed by atoms with van der Waals surface area (Å²) in [5.41, 5.74) is 0. The van der Waals surface area contributed by atoms with Crippen molar-refractivity contribution in [3.8, 4) is 0 Å². The zero-order valence-electron chi connectivity index (χ0n) is 42.7. The van der Waals surface area contributed by atoms with E-state index in [0.29, 0.717) is 32.1 Å². The molecule has 8 N–H and O–H groups in total. The van der Waals surface area contributed by atoms with Crippen LogP contribution in [0, 0.1) is 0 Å². The van der Waals surface area contributed by atoms with Gasteiger partial charge in [-0.15, -0.1) is 0 Å². The molecule has 1 aliphatic carbocycles. The number of rotatable bonds is 42. The number of hydrogen-bond acceptors (Lipinski definition) is 14. The van der Waals surface area contributed by atoms with Crippen LogP contribution in [0.5, 0.6) is 0 Å². The largest absolute Gasteiger partial charge is 0.472 e. The number of aliphatic hydroxyl groups excluding tert-OH is 5. The van der Waals surface area contributed by atoms with Crippen molar-refractivity contribution in [1.29, 1.82) is 0 Å². The number of phosphoric acid groups is 2. The van der Waals surface area contributed by atoms with Crippen molar-refractivity contribution in [1.82, 2.24) is 0 Å². The molecule has 0 aromatic rings. The minimum Gasteiger partial charge on any atom is -0.462 e. The average Bonchev–Trinajstić information content (AvgIpc) is 3.33. The fraction of sp³-hybridized carbons (Fsp3) is 0.660. The summed E-state index contributed by atoms with van der Waals surface area (Å²) in [5, 5.41) is 51.4. The summed E-state index contributed by atoms with van der Waals surface area (Å²) in [6.07, 6.45) is 36.7. The van der Waals surface area contributed by atoms with Gasteiger partial charge in [-0.2, -0.15) is 0 Å². The van der Waals surface area contributed by atoms with Crippen molar-refractivity contribution in [3.05, 3.63) is 97.2 Å². The van der Waals surface area contributed by atoms with Crippen molar-refractivity contribution in [2.45, 2.75) is 210 Å². The lowest BCUT2D eigenvalue weighted by Crippen LogP contribution is -2.64. The van der Waals surface area contributed by atoms with Crippen molar-refractivity contribution >= 4 is 27.6 Å². The quantitative estimate of drug-likeness (QED) is 0.00928. The number of carbonyl (C=O) groups excluding carboxylic acids is 2. The number of phosphoric ester groups is 2. The van der Waals surface area contributed by atoms with Crippen LogP contribution in [0.25, 0.3) is 0 Å². The normalized spacial score (nSPS) is 22.0. The first-order valence-electron chi connectivity index (χ1n) is 25.9. The standard InChI is InChI=1S/C53H88O17P2/c1-3-5-7-9-11-12-13-14-15-16-17-18-19-20-21-26-29-33-37-41-47(56)68-45(43-67-72(64,65)70-53-50(59)48(57)49(58)52(51(53)60)69-71(61,62)63)42-66-46(55)40-36-32-28-25-23-22-24-27-31-35-39-44(54)38-34-30-10-8-6-4-2/h6,8,11-12,14-15,22-23,27-28,30-32,34-35,39,44-45,48-54,57-60H,3-5,7,9-10,13,16-21,24-26,29,33,36-38,40-43H2,1-2H3,(H,64,65)(H2,61,62,63)/b8-6-,12-11-,15-14-,23-22-,31-27-,32-28-,34-30-,39-35+/t44?,45-,48?,49?,50?,51?,52-,53+/m1/s1. The first-order chi connectivity index (χ1) is 34.5. The maximum Gasteiger partial charge on any atom is 0.472 e. The van der Waals surface area contributed by atoms with E-state index in [-0.39, 0.29) is 12.8 Å². The lowest BCUT2D eigenvalue weighted by Gasteiger charge is -2.43. The van der Waals surface area contributed by atoms with Gasteiger partial charge in [-0.05, 0) is 77.0 Å². The van der Waals surface area contributed by atoms with Gasteiger partial charge in [0.1, 0.15) is 43.2 Å². The van der Waals surface area contributed by atoms with Gasteiger partial charge in [0.15, 0.2) is 6.10 Å². The summed E-state index contributed by atoms with van der Waals surface area (Å²) in [4.78, 5) is 54.4. The van der Waals surface area contributed by atoms with Crippen LogP contribution in [0.1, 0.15) is 162 Å². The van der Waals surface area contributed by atoms with Crippen molar-refractivity contribution in [2.75, 3.05) is 13.2 Å². The van der Waals surface area contributed by atoms with Crippen LogP contribution >= 0.6 is 15.6 Å². The van der Waals surface area contributed by atoms with Gasteiger partial charge in [0, 0.05) is 12.8 Å². The Morgan fingerprint density at radius 2 is 1.04 bits per heavy atom. The lowest BCUT2D eigenvalue weighted by molar-refractivity contribution is -0.216. The maximum absolute atomic E-state index is 13.0. The highest BCUT2D eigenvalue weighted by molar-refractivity contribution is 7.47. The number of esters is 2. The molecule has 0 aliphatic heterocycles. The second-order valence-corrected chi connectivity index (χ2v) is 20.3. The van der Waals surface area contributed by atoms with Crippen molar-refractivity contribution in [3.63, 3.8) is 0 Å². The van der Waals surface area contributed by atoms with Crippen LogP contribution in [0.3, 0.4) is 0 Å². The fourth-order valence-corrected chi connectivity index (χ4v) is 8.76. The van der Waals surface area contributed by atoms with Gasteiger partial charge >= 0.3 is 27.6 Å². The molecule has 0 saturated heterocycles. The van der Waals surface area contributed by atoms with E-state index in [1.807, 2.05) is 48.6 Å². The molecule has 0 radical (unpaired) electrons. The number of allylic oxidation sites excluding steroid dienone is 14. The summed E-state index contributed by atoms with van der Waals surface area (Å²) >= 11 is 0. The Bertz CT molecular complexity index is 1770. The third-order valence-corrected chi connectivity index (χ3v) is 12.7. The second kappa shape index (κ2) is 42.1. The molecule has 6 unspecified atom stereocenters. The Morgan fingerprint density at radius 3 is 1.64 bits per heavy atom. The molecule has 1 rings (SSSR count). The molecule has 9 atom stereocenters. The first-order valence-corrected chi connectivity index (χ1v) is 28.9. The summed E-state index contributed by atoms with van der Waals surface area (Å²) < 4.78 is 49.4. The van der Waals surface area contributed by atoms with E-state index < -0.39 is 89.6 Å². The Hall–Kier alpha value is -3.12. The molecule has 412 valence electrons. The van der Waals surface area contributed by atoms with Crippen LogP contribution in [0.2, 0.25) is 0 Å². The molecule has 72 heavy (non-hydrogen) atoms. The Labute approximate surface area is 429 Å². The molecule has 1 fully saturated rings. The topological polar surface area (TPSA) is 276 Å². The molecule has 0 aromatic carbocycles. The highest BCUT2D eigenvalue weighted by Gasteiger charge is 2.54. The SMILES string of the molecule is CC/C=C\C/C=C\CC(O)/C=C/C=C\C/C=C\C/C=C\CCC(=O)OC[C@H](COP(=O)(O)O[C@H]1C(O)C(O)C(O)[C@@H](OP(=O)(O)O)C1O)OC(=O)CCCCCCCCCCC/C=C\C/C=C\CCCCC. The fourth-order valence-electron chi connectivity index (χ4n) is 7.22. The van der Waals surface area contributed by atoms with Gasteiger partial charge in [-0.1, -0.05) is 169 Å². The van der Waals surface area contributed by atoms with E-state index in [9.17, 15) is 58.9 Å². The first kappa shape index (κ1) is 66.9. The summed E-state index contributed by atoms with van der Waals surface area (Å²) in [6, 6.07) is 0. The highest BCUT2D eigenvalue weighted by atomic mass is 31.2. The van der Waals surface area contributed by atoms with E-state index >= 15 is 0 Å². The predicted octanol–water partition coefficient (Wildman–Crippen LogP) is 9.70. The van der Waals surface area contributed by atoms with E-state index in [1.165, 1.54) is 38.5 Å². The number of aliphatic hydroxyl groups is 5. The summed E-state index contributed by atoms with van der Waals surface area (Å²) in [7, 11) is -10.7. The van der Waals surface area contributed by atoms with Gasteiger partial charge in [-0.25, -0.2) is 9.13 Å². The molecule has 0 aromatic heterocycles. The average molecular weight is 1060 g/mol. The van der Waals surface area contributed by atoms with Crippen LogP contribution < -0.4 is 0 Å². The third-order valence-electron chi connectivity index (χ3n) is 11.2. The van der Waals surface area contributed by atoms with Crippen LogP contribution in [0.4, 0.5) is 0 Å². The summed E-state index contributed by atoms with van der Waals surface area (Å²) in [5.74, 6) is -1.34. The highest BCUT2D eigenvalue weighted by Crippen LogP contribution is 2.49. The number of carbonyl (C=O) groups is 2. The molecular formula is C53H88O17P2. The smallest absolute Gasteiger partial charge is 0.462 e. The van der Waals surface area contributed by atoms with Gasteiger partial charge in [-0.3, -0.25) is 23.2 Å². The van der Waals surface area contributed by atoms with E-state index in [1.54, 1.807) is 12.2 Å². The van der Waals surface area contributed by atoms with Gasteiger partial charge in [0.2, 0.25) is 0 Å². The number of unbranched alkanes of at least 4 members (excludes halogenated alkanes) is 12. The van der Waals surface area contributed by atoms with Crippen molar-refractivity contribution in [2.24, 2.45) is 0 Å². The van der Waals surface area contributed by atoms with Crippen LogP contribution in [-0.2, 0) is 41.8 Å². The minimum atomic E-state index is -5.39. The number of ether oxygens (including phenoxy) is 2. The zero-order chi connectivity index (χ0) is 53.3. The summed E-state index contributed by atoms with van der Waals surface area (Å²) in [6.45, 7) is 2.85. The zero-order valence-corrected chi connectivity index (χ0v) is 44.5. The Balaban J connectivity index is 2.62. The Kier molecular flexibility index (Phi) is 39.2. The Morgan fingerprint density at radius 1 is 0.528 bits per heavy atom. The van der Waals surface area contributed by atoms with E-state index in [4.69, 9.17) is 18.5 Å². The molecule has 1 aliphatic rings.